The first-order chi connectivity index (χ1) is 6.41. The number of halogens is 3. The van der Waals surface area contributed by atoms with Gasteiger partial charge in [0.2, 0.25) is 0 Å². The van der Waals surface area contributed by atoms with E-state index < -0.39 is 12.3 Å². The molecule has 0 bridgehead atoms. The zero-order chi connectivity index (χ0) is 11.2. The van der Waals surface area contributed by atoms with Crippen LogP contribution >= 0.6 is 0 Å². The van der Waals surface area contributed by atoms with Gasteiger partial charge in [0, 0.05) is 0 Å². The molecule has 1 N–H and O–H groups in total. The molecule has 0 rings (SSSR count). The molecular weight excluding hydrogens is 193 g/mol. The molecule has 0 aromatic carbocycles. The number of rotatable bonds is 6. The monoisotopic (exact) mass is 212 g/mol. The Hall–Kier alpha value is -0.250. The Morgan fingerprint density at radius 1 is 1.21 bits per heavy atom. The predicted octanol–water partition coefficient (Wildman–Crippen LogP) is 3.52. The maximum absolute atomic E-state index is 12.0. The van der Waals surface area contributed by atoms with Crippen molar-refractivity contribution >= 4 is 0 Å². The molecule has 0 aromatic rings. The van der Waals surface area contributed by atoms with Crippen LogP contribution in [0.4, 0.5) is 13.2 Å². The average molecular weight is 212 g/mol. The summed E-state index contributed by atoms with van der Waals surface area (Å²) in [6, 6.07) is 0. The minimum absolute atomic E-state index is 0.00780. The van der Waals surface area contributed by atoms with Gasteiger partial charge in [0.05, 0.1) is 0 Å². The second kappa shape index (κ2) is 6.27. The highest BCUT2D eigenvalue weighted by Gasteiger charge is 2.38. The van der Waals surface area contributed by atoms with Gasteiger partial charge in [-0.1, -0.05) is 39.5 Å². The molecule has 0 amide bonds. The third-order valence-corrected chi connectivity index (χ3v) is 2.48. The molecule has 0 fully saturated rings. The molecular formula is C10H19F3O. The van der Waals surface area contributed by atoms with Gasteiger partial charge in [-0.15, -0.1) is 0 Å². The molecule has 0 aliphatic carbocycles. The topological polar surface area (TPSA) is 20.2 Å². The summed E-state index contributed by atoms with van der Waals surface area (Å²) in [5, 5.41) is 8.86. The van der Waals surface area contributed by atoms with Crippen molar-refractivity contribution in [2.75, 3.05) is 0 Å². The van der Waals surface area contributed by atoms with Crippen LogP contribution in [0.3, 0.4) is 0 Å². The van der Waals surface area contributed by atoms with Gasteiger partial charge in [-0.05, 0) is 12.3 Å². The van der Waals surface area contributed by atoms with E-state index in [0.29, 0.717) is 6.42 Å². The maximum Gasteiger partial charge on any atom is 0.414 e. The van der Waals surface area contributed by atoms with Crippen LogP contribution in [0, 0.1) is 5.92 Å². The van der Waals surface area contributed by atoms with Crippen molar-refractivity contribution in [2.45, 2.75) is 58.2 Å². The van der Waals surface area contributed by atoms with Gasteiger partial charge in [0.1, 0.15) is 6.10 Å². The fourth-order valence-electron chi connectivity index (χ4n) is 1.43. The van der Waals surface area contributed by atoms with Gasteiger partial charge in [-0.2, -0.15) is 13.2 Å². The van der Waals surface area contributed by atoms with E-state index in [1.807, 2.05) is 13.8 Å². The Balaban J connectivity index is 3.92. The molecule has 0 aliphatic rings. The van der Waals surface area contributed by atoms with Gasteiger partial charge < -0.3 is 5.11 Å². The van der Waals surface area contributed by atoms with Crippen molar-refractivity contribution in [2.24, 2.45) is 5.92 Å². The lowest BCUT2D eigenvalue weighted by atomic mass is 9.93. The number of aliphatic hydroxyl groups excluding tert-OH is 1. The first-order valence-electron chi connectivity index (χ1n) is 5.16. The van der Waals surface area contributed by atoms with Gasteiger partial charge in [0.15, 0.2) is 0 Å². The number of hydrogen-bond donors (Lipinski definition) is 1. The Bertz CT molecular complexity index is 145. The molecule has 0 aliphatic heterocycles. The lowest BCUT2D eigenvalue weighted by Crippen LogP contribution is -2.30. The summed E-state index contributed by atoms with van der Waals surface area (Å²) in [4.78, 5) is 0. The standard InChI is InChI=1S/C10H19F3O/c1-3-5-6-8(4-2)7-9(14)10(11,12)13/h8-9,14H,3-7H2,1-2H3/t8?,9-/m0/s1. The third kappa shape index (κ3) is 5.47. The molecule has 1 unspecified atom stereocenters. The molecule has 0 aromatic heterocycles. The summed E-state index contributed by atoms with van der Waals surface area (Å²) < 4.78 is 36.1. The predicted molar refractivity (Wildman–Crippen MR) is 50.0 cm³/mol. The van der Waals surface area contributed by atoms with E-state index >= 15 is 0 Å². The van der Waals surface area contributed by atoms with Crippen LogP contribution in [0.15, 0.2) is 0 Å². The zero-order valence-electron chi connectivity index (χ0n) is 8.77. The Kier molecular flexibility index (Phi) is 6.16. The molecule has 14 heavy (non-hydrogen) atoms. The van der Waals surface area contributed by atoms with Crippen molar-refractivity contribution < 1.29 is 18.3 Å². The summed E-state index contributed by atoms with van der Waals surface area (Å²) in [6.07, 6.45) is -3.36. The first-order valence-corrected chi connectivity index (χ1v) is 5.16. The zero-order valence-corrected chi connectivity index (χ0v) is 8.77. The van der Waals surface area contributed by atoms with E-state index in [4.69, 9.17) is 5.11 Å². The first kappa shape index (κ1) is 13.8. The van der Waals surface area contributed by atoms with Gasteiger partial charge in [-0.3, -0.25) is 0 Å². The lowest BCUT2D eigenvalue weighted by molar-refractivity contribution is -0.208. The number of alkyl halides is 3. The van der Waals surface area contributed by atoms with Crippen LogP contribution in [-0.2, 0) is 0 Å². The molecule has 0 spiro atoms. The van der Waals surface area contributed by atoms with E-state index in [0.717, 1.165) is 19.3 Å². The molecule has 1 nitrogen and oxygen atoms in total. The minimum Gasteiger partial charge on any atom is -0.384 e. The minimum atomic E-state index is -4.46. The second-order valence-electron chi connectivity index (χ2n) is 3.71. The summed E-state index contributed by atoms with van der Waals surface area (Å²) in [6.45, 7) is 3.87. The third-order valence-electron chi connectivity index (χ3n) is 2.48. The van der Waals surface area contributed by atoms with Gasteiger partial charge in [0.25, 0.3) is 0 Å². The molecule has 2 atom stereocenters. The SMILES string of the molecule is CCCCC(CC)C[C@H](O)C(F)(F)F. The maximum atomic E-state index is 12.0. The van der Waals surface area contributed by atoms with Crippen molar-refractivity contribution in [1.82, 2.24) is 0 Å². The fourth-order valence-corrected chi connectivity index (χ4v) is 1.43. The highest BCUT2D eigenvalue weighted by molar-refractivity contribution is 4.70. The molecule has 0 saturated heterocycles. The van der Waals surface area contributed by atoms with Crippen molar-refractivity contribution in [3.8, 4) is 0 Å². The summed E-state index contributed by atoms with van der Waals surface area (Å²) in [7, 11) is 0. The molecule has 0 heterocycles. The van der Waals surface area contributed by atoms with E-state index in [9.17, 15) is 13.2 Å². The highest BCUT2D eigenvalue weighted by atomic mass is 19.4. The Morgan fingerprint density at radius 2 is 1.79 bits per heavy atom. The van der Waals surface area contributed by atoms with Crippen LogP contribution < -0.4 is 0 Å². The van der Waals surface area contributed by atoms with Crippen LogP contribution in [0.25, 0.3) is 0 Å². The van der Waals surface area contributed by atoms with E-state index in [1.165, 1.54) is 0 Å². The highest BCUT2D eigenvalue weighted by Crippen LogP contribution is 2.28. The molecule has 4 heteroatoms. The van der Waals surface area contributed by atoms with E-state index in [2.05, 4.69) is 0 Å². The number of aliphatic hydroxyl groups is 1. The summed E-state index contributed by atoms with van der Waals surface area (Å²) in [5.74, 6) is -0.00780. The average Bonchev–Trinajstić information content (AvgIpc) is 2.10. The van der Waals surface area contributed by atoms with Crippen LogP contribution in [0.5, 0.6) is 0 Å². The van der Waals surface area contributed by atoms with Crippen molar-refractivity contribution in [1.29, 1.82) is 0 Å². The van der Waals surface area contributed by atoms with Crippen LogP contribution in [0.1, 0.15) is 46.0 Å². The fraction of sp³-hybridized carbons (Fsp3) is 1.00. The van der Waals surface area contributed by atoms with E-state index in [1.54, 1.807) is 0 Å². The molecule has 0 radical (unpaired) electrons. The van der Waals surface area contributed by atoms with E-state index in [-0.39, 0.29) is 12.3 Å². The molecule has 86 valence electrons. The number of hydrogen-bond acceptors (Lipinski definition) is 1. The van der Waals surface area contributed by atoms with Crippen molar-refractivity contribution in [3.05, 3.63) is 0 Å². The lowest BCUT2D eigenvalue weighted by Gasteiger charge is -2.20. The largest absolute Gasteiger partial charge is 0.414 e. The van der Waals surface area contributed by atoms with Gasteiger partial charge in [-0.25, -0.2) is 0 Å². The number of unbranched alkanes of at least 4 members (excludes halogenated alkanes) is 1. The summed E-state index contributed by atoms with van der Waals surface area (Å²) >= 11 is 0. The Labute approximate surface area is 83.3 Å². The second-order valence-corrected chi connectivity index (χ2v) is 3.71. The molecule has 0 saturated carbocycles. The smallest absolute Gasteiger partial charge is 0.384 e. The summed E-state index contributed by atoms with van der Waals surface area (Å²) in [5.41, 5.74) is 0. The van der Waals surface area contributed by atoms with Crippen molar-refractivity contribution in [3.63, 3.8) is 0 Å². The van der Waals surface area contributed by atoms with Crippen LogP contribution in [0.2, 0.25) is 0 Å². The normalized spacial score (nSPS) is 16.7. The van der Waals surface area contributed by atoms with Gasteiger partial charge >= 0.3 is 6.18 Å². The Morgan fingerprint density at radius 3 is 2.14 bits per heavy atom. The van der Waals surface area contributed by atoms with Crippen LogP contribution in [-0.4, -0.2) is 17.4 Å². The quantitative estimate of drug-likeness (QED) is 0.714.